The summed E-state index contributed by atoms with van der Waals surface area (Å²) >= 11 is 0. The maximum atomic E-state index is 6.48. The Morgan fingerprint density at radius 1 is 0.357 bits per heavy atom. The first kappa shape index (κ1) is 31.8. The molecule has 0 N–H and O–H groups in total. The highest BCUT2D eigenvalue weighted by atomic mass is 16.3. The van der Waals surface area contributed by atoms with E-state index in [1.165, 1.54) is 0 Å². The molecule has 0 unspecified atom stereocenters. The molecule has 11 rings (SSSR count). The molecule has 0 saturated heterocycles. The summed E-state index contributed by atoms with van der Waals surface area (Å²) in [6.45, 7) is 0. The monoisotopic (exact) mass is 717 g/mol. The summed E-state index contributed by atoms with van der Waals surface area (Å²) in [5.74, 6) is 1.92. The normalized spacial score (nSPS) is 11.6. The number of para-hydroxylation sites is 3. The molecular weight excluding hydrogens is 687 g/mol. The average Bonchev–Trinajstić information content (AvgIpc) is 3.83. The zero-order valence-electron chi connectivity index (χ0n) is 30.0. The van der Waals surface area contributed by atoms with Crippen molar-refractivity contribution in [1.29, 1.82) is 0 Å². The van der Waals surface area contributed by atoms with E-state index in [4.69, 9.17) is 24.4 Å². The molecule has 0 bridgehead atoms. The summed E-state index contributed by atoms with van der Waals surface area (Å²) in [5, 5.41) is 4.31. The van der Waals surface area contributed by atoms with Gasteiger partial charge in [-0.25, -0.2) is 19.9 Å². The summed E-state index contributed by atoms with van der Waals surface area (Å²) in [5.41, 5.74) is 11.6. The first-order valence-electron chi connectivity index (χ1n) is 18.6. The van der Waals surface area contributed by atoms with Gasteiger partial charge in [-0.1, -0.05) is 164 Å². The molecule has 262 valence electrons. The minimum Gasteiger partial charge on any atom is -0.438 e. The lowest BCUT2D eigenvalue weighted by molar-refractivity contribution is 0.655. The van der Waals surface area contributed by atoms with Crippen molar-refractivity contribution in [3.05, 3.63) is 188 Å². The zero-order valence-corrected chi connectivity index (χ0v) is 30.0. The number of rotatable bonds is 6. The van der Waals surface area contributed by atoms with Crippen LogP contribution in [0.15, 0.2) is 192 Å². The van der Waals surface area contributed by atoms with E-state index in [0.717, 1.165) is 82.9 Å². The van der Waals surface area contributed by atoms with Gasteiger partial charge in [0.15, 0.2) is 17.5 Å². The first-order chi connectivity index (χ1) is 27.8. The Balaban J connectivity index is 1.02. The average molecular weight is 718 g/mol. The Morgan fingerprint density at radius 2 is 0.821 bits per heavy atom. The van der Waals surface area contributed by atoms with Crippen molar-refractivity contribution in [1.82, 2.24) is 24.5 Å². The molecule has 0 aliphatic carbocycles. The molecule has 7 aromatic carbocycles. The molecular formula is C50H31N5O. The number of pyridine rings is 1. The zero-order chi connectivity index (χ0) is 37.0. The molecule has 0 radical (unpaired) electrons. The van der Waals surface area contributed by atoms with Gasteiger partial charge in [-0.2, -0.15) is 0 Å². The van der Waals surface area contributed by atoms with Crippen LogP contribution >= 0.6 is 0 Å². The molecule has 0 amide bonds. The smallest absolute Gasteiger partial charge is 0.230 e. The Bertz CT molecular complexity index is 3150. The Morgan fingerprint density at radius 3 is 1.43 bits per heavy atom. The molecule has 0 aliphatic heterocycles. The Labute approximate surface area is 322 Å². The molecule has 0 aliphatic rings. The highest BCUT2D eigenvalue weighted by Crippen LogP contribution is 2.44. The van der Waals surface area contributed by atoms with Crippen LogP contribution in [-0.2, 0) is 0 Å². The van der Waals surface area contributed by atoms with Gasteiger partial charge in [0.05, 0.1) is 22.1 Å². The second kappa shape index (κ2) is 13.0. The maximum Gasteiger partial charge on any atom is 0.230 e. The number of aromatic nitrogens is 5. The highest BCUT2D eigenvalue weighted by Gasteiger charge is 2.24. The predicted octanol–water partition coefficient (Wildman–Crippen LogP) is 12.6. The van der Waals surface area contributed by atoms with Crippen LogP contribution in [0.25, 0.3) is 106 Å². The predicted molar refractivity (Wildman–Crippen MR) is 226 cm³/mol. The number of hydrogen-bond donors (Lipinski definition) is 0. The molecule has 11 aromatic rings. The van der Waals surface area contributed by atoms with Crippen LogP contribution in [-0.4, -0.2) is 24.5 Å². The van der Waals surface area contributed by atoms with Crippen LogP contribution in [0.1, 0.15) is 0 Å². The van der Waals surface area contributed by atoms with Crippen molar-refractivity contribution >= 4 is 43.9 Å². The Hall–Kier alpha value is -7.70. The number of furan rings is 1. The molecule has 4 heterocycles. The first-order valence-corrected chi connectivity index (χ1v) is 18.6. The van der Waals surface area contributed by atoms with E-state index in [1.54, 1.807) is 0 Å². The number of benzene rings is 7. The van der Waals surface area contributed by atoms with Gasteiger partial charge < -0.3 is 8.98 Å². The third kappa shape index (κ3) is 5.27. The van der Waals surface area contributed by atoms with E-state index in [9.17, 15) is 0 Å². The number of hydrogen-bond acceptors (Lipinski definition) is 5. The van der Waals surface area contributed by atoms with Crippen molar-refractivity contribution < 1.29 is 4.42 Å². The van der Waals surface area contributed by atoms with E-state index >= 15 is 0 Å². The van der Waals surface area contributed by atoms with Crippen molar-refractivity contribution in [3.63, 3.8) is 0 Å². The summed E-state index contributed by atoms with van der Waals surface area (Å²) < 4.78 is 8.83. The van der Waals surface area contributed by atoms with Gasteiger partial charge in [-0.15, -0.1) is 0 Å². The van der Waals surface area contributed by atoms with Gasteiger partial charge >= 0.3 is 0 Å². The lowest BCUT2D eigenvalue weighted by Crippen LogP contribution is -2.00. The fourth-order valence-corrected chi connectivity index (χ4v) is 7.84. The van der Waals surface area contributed by atoms with Crippen LogP contribution in [0.3, 0.4) is 0 Å². The molecule has 0 atom stereocenters. The fraction of sp³-hybridized carbons (Fsp3) is 0. The molecule has 0 saturated carbocycles. The van der Waals surface area contributed by atoms with Crippen molar-refractivity contribution in [2.45, 2.75) is 0 Å². The maximum absolute atomic E-state index is 6.48. The topological polar surface area (TPSA) is 69.6 Å². The Kier molecular flexibility index (Phi) is 7.38. The van der Waals surface area contributed by atoms with Crippen molar-refractivity contribution in [2.24, 2.45) is 0 Å². The number of nitrogens with zero attached hydrogens (tertiary/aromatic N) is 5. The summed E-state index contributed by atoms with van der Waals surface area (Å²) in [7, 11) is 0. The highest BCUT2D eigenvalue weighted by molar-refractivity contribution is 6.27. The van der Waals surface area contributed by atoms with Crippen LogP contribution in [0.2, 0.25) is 0 Å². The summed E-state index contributed by atoms with van der Waals surface area (Å²) in [4.78, 5) is 19.9. The molecule has 0 spiro atoms. The van der Waals surface area contributed by atoms with Crippen LogP contribution < -0.4 is 0 Å². The van der Waals surface area contributed by atoms with Gasteiger partial charge in [0.1, 0.15) is 5.58 Å². The van der Waals surface area contributed by atoms with E-state index < -0.39 is 0 Å². The van der Waals surface area contributed by atoms with Gasteiger partial charge in [0.2, 0.25) is 5.71 Å². The second-order valence-corrected chi connectivity index (χ2v) is 13.8. The summed E-state index contributed by atoms with van der Waals surface area (Å²) in [6, 6.07) is 64.5. The fourth-order valence-electron chi connectivity index (χ4n) is 7.84. The lowest BCUT2D eigenvalue weighted by atomic mass is 9.99. The van der Waals surface area contributed by atoms with Gasteiger partial charge in [-0.3, -0.25) is 0 Å². The molecule has 6 heteroatoms. The van der Waals surface area contributed by atoms with Crippen LogP contribution in [0.4, 0.5) is 0 Å². The van der Waals surface area contributed by atoms with Crippen LogP contribution in [0.5, 0.6) is 0 Å². The standard InChI is InChI=1S/C50H31N5O/c1-4-14-35(15-5-1)47-52-48(36-16-6-2-7-17-36)54-49(53-47)37-30-26-33(27-31-37)32-24-28-34(29-25-32)45-43-39-20-10-12-22-41(39)55(38-18-8-3-9-19-38)46(43)44-40-21-11-13-23-42(40)56-50(44)51-45/h1-31H. The van der Waals surface area contributed by atoms with Crippen molar-refractivity contribution in [3.8, 4) is 62.2 Å². The van der Waals surface area contributed by atoms with Crippen molar-refractivity contribution in [2.75, 3.05) is 0 Å². The molecule has 0 fully saturated rings. The third-order valence-electron chi connectivity index (χ3n) is 10.5. The summed E-state index contributed by atoms with van der Waals surface area (Å²) in [6.07, 6.45) is 0. The SMILES string of the molecule is c1ccc(-c2nc(-c3ccccc3)nc(-c3ccc(-c4ccc(-c5nc6oc7ccccc7c6c6c5c5ccccc5n6-c5ccccc5)cc4)cc3)n2)cc1. The van der Waals surface area contributed by atoms with Gasteiger partial charge in [-0.05, 0) is 35.4 Å². The minimum atomic E-state index is 0.623. The van der Waals surface area contributed by atoms with E-state index in [-0.39, 0.29) is 0 Å². The molecule has 4 aromatic heterocycles. The van der Waals surface area contributed by atoms with E-state index in [2.05, 4.69) is 120 Å². The quantitative estimate of drug-likeness (QED) is 0.171. The van der Waals surface area contributed by atoms with Gasteiger partial charge in [0.25, 0.3) is 0 Å². The van der Waals surface area contributed by atoms with Crippen LogP contribution in [0, 0.1) is 0 Å². The minimum absolute atomic E-state index is 0.623. The van der Waals surface area contributed by atoms with E-state index in [1.807, 2.05) is 72.8 Å². The molecule has 6 nitrogen and oxygen atoms in total. The third-order valence-corrected chi connectivity index (χ3v) is 10.5. The molecule has 56 heavy (non-hydrogen) atoms. The lowest BCUT2D eigenvalue weighted by Gasteiger charge is -2.10. The largest absolute Gasteiger partial charge is 0.438 e. The van der Waals surface area contributed by atoms with Gasteiger partial charge in [0, 0.05) is 44.1 Å². The number of fused-ring (bicyclic) bond motifs is 7. The second-order valence-electron chi connectivity index (χ2n) is 13.8. The van der Waals surface area contributed by atoms with E-state index in [0.29, 0.717) is 23.2 Å².